The number of carbonyl (C=O) groups is 1. The monoisotopic (exact) mass is 220 g/mol. The summed E-state index contributed by atoms with van der Waals surface area (Å²) in [6.45, 7) is 3.50. The number of H-pyrrole nitrogens is 1. The molecule has 84 valence electrons. The number of furan rings is 1. The van der Waals surface area contributed by atoms with Crippen LogP contribution in [0.2, 0.25) is 0 Å². The number of amides is 1. The molecular formula is C10H12N4O2. The fraction of sp³-hybridized carbons (Fsp3) is 0.200. The molecule has 0 radical (unpaired) electrons. The standard InChI is InChI=1S/C10H12N4O2/c1-5-8(11)9(14-13-5)12-10(15)7-3-4-16-6(7)2/h3-4H,11H2,1-2H3,(H2,12,13,14,15). The minimum absolute atomic E-state index is 0.288. The molecule has 0 saturated heterocycles. The molecule has 4 N–H and O–H groups in total. The Kier molecular flexibility index (Phi) is 2.40. The second-order valence-electron chi connectivity index (χ2n) is 3.46. The van der Waals surface area contributed by atoms with Gasteiger partial charge in [-0.15, -0.1) is 0 Å². The topological polar surface area (TPSA) is 96.9 Å². The normalized spacial score (nSPS) is 10.4. The second-order valence-corrected chi connectivity index (χ2v) is 3.46. The number of hydrogen-bond donors (Lipinski definition) is 3. The summed E-state index contributed by atoms with van der Waals surface area (Å²) in [6, 6.07) is 1.60. The van der Waals surface area contributed by atoms with Gasteiger partial charge in [0, 0.05) is 0 Å². The van der Waals surface area contributed by atoms with Gasteiger partial charge in [0.2, 0.25) is 0 Å². The summed E-state index contributed by atoms with van der Waals surface area (Å²) in [4.78, 5) is 11.8. The third-order valence-corrected chi connectivity index (χ3v) is 2.33. The summed E-state index contributed by atoms with van der Waals surface area (Å²) in [7, 11) is 0. The Morgan fingerprint density at radius 2 is 2.31 bits per heavy atom. The largest absolute Gasteiger partial charge is 0.469 e. The van der Waals surface area contributed by atoms with E-state index < -0.39 is 0 Å². The first-order valence-corrected chi connectivity index (χ1v) is 4.75. The first-order valence-electron chi connectivity index (χ1n) is 4.75. The lowest BCUT2D eigenvalue weighted by Crippen LogP contribution is -2.13. The smallest absolute Gasteiger partial charge is 0.260 e. The van der Waals surface area contributed by atoms with E-state index in [1.165, 1.54) is 6.26 Å². The molecule has 2 aromatic rings. The molecule has 2 aromatic heterocycles. The fourth-order valence-electron chi connectivity index (χ4n) is 1.33. The number of aryl methyl sites for hydroxylation is 2. The van der Waals surface area contributed by atoms with E-state index in [-0.39, 0.29) is 5.91 Å². The summed E-state index contributed by atoms with van der Waals surface area (Å²) in [5.74, 6) is 0.607. The maximum atomic E-state index is 11.8. The van der Waals surface area contributed by atoms with E-state index in [1.54, 1.807) is 19.9 Å². The second kappa shape index (κ2) is 3.73. The van der Waals surface area contributed by atoms with E-state index in [2.05, 4.69) is 15.5 Å². The lowest BCUT2D eigenvalue weighted by Gasteiger charge is -2.01. The Balaban J connectivity index is 2.20. The van der Waals surface area contributed by atoms with Crippen LogP contribution in [0.25, 0.3) is 0 Å². The summed E-state index contributed by atoms with van der Waals surface area (Å²) >= 11 is 0. The predicted octanol–water partition coefficient (Wildman–Crippen LogP) is 1.45. The molecule has 1 amide bonds. The van der Waals surface area contributed by atoms with Gasteiger partial charge in [0.05, 0.1) is 23.2 Å². The molecule has 0 aliphatic carbocycles. The van der Waals surface area contributed by atoms with Gasteiger partial charge in [-0.25, -0.2) is 0 Å². The lowest BCUT2D eigenvalue weighted by molar-refractivity contribution is 0.102. The van der Waals surface area contributed by atoms with Crippen LogP contribution < -0.4 is 11.1 Å². The van der Waals surface area contributed by atoms with Gasteiger partial charge in [0.25, 0.3) is 5.91 Å². The van der Waals surface area contributed by atoms with Crippen LogP contribution in [0.4, 0.5) is 11.5 Å². The lowest BCUT2D eigenvalue weighted by atomic mass is 10.2. The van der Waals surface area contributed by atoms with Crippen LogP contribution in [-0.4, -0.2) is 16.1 Å². The van der Waals surface area contributed by atoms with E-state index in [0.717, 1.165) is 5.69 Å². The zero-order chi connectivity index (χ0) is 11.7. The summed E-state index contributed by atoms with van der Waals surface area (Å²) in [6.07, 6.45) is 1.46. The summed E-state index contributed by atoms with van der Waals surface area (Å²) in [5, 5.41) is 9.18. The van der Waals surface area contributed by atoms with Gasteiger partial charge in [-0.05, 0) is 19.9 Å². The molecule has 0 bridgehead atoms. The number of rotatable bonds is 2. The zero-order valence-corrected chi connectivity index (χ0v) is 9.00. The molecule has 0 spiro atoms. The number of aromatic amines is 1. The minimum atomic E-state index is -0.288. The van der Waals surface area contributed by atoms with Crippen LogP contribution in [0.3, 0.4) is 0 Å². The Bertz CT molecular complexity index is 527. The molecular weight excluding hydrogens is 208 g/mol. The Labute approximate surface area is 91.8 Å². The van der Waals surface area contributed by atoms with E-state index in [1.807, 2.05) is 0 Å². The molecule has 6 nitrogen and oxygen atoms in total. The predicted molar refractivity (Wildman–Crippen MR) is 59.1 cm³/mol. The quantitative estimate of drug-likeness (QED) is 0.713. The summed E-state index contributed by atoms with van der Waals surface area (Å²) in [5.41, 5.74) is 7.34. The van der Waals surface area contributed by atoms with Gasteiger partial charge in [0.1, 0.15) is 5.76 Å². The molecule has 0 saturated carbocycles. The van der Waals surface area contributed by atoms with Gasteiger partial charge in [-0.3, -0.25) is 9.89 Å². The number of anilines is 2. The van der Waals surface area contributed by atoms with Crippen LogP contribution in [0.15, 0.2) is 16.7 Å². The molecule has 0 fully saturated rings. The van der Waals surface area contributed by atoms with Gasteiger partial charge in [-0.2, -0.15) is 5.10 Å². The molecule has 0 aromatic carbocycles. The number of carbonyl (C=O) groups excluding carboxylic acids is 1. The first kappa shape index (κ1) is 10.3. The number of aromatic nitrogens is 2. The Morgan fingerprint density at radius 3 is 2.81 bits per heavy atom. The number of nitrogen functional groups attached to an aromatic ring is 1. The molecule has 0 atom stereocenters. The van der Waals surface area contributed by atoms with Crippen molar-refractivity contribution in [1.29, 1.82) is 0 Å². The van der Waals surface area contributed by atoms with Crippen molar-refractivity contribution < 1.29 is 9.21 Å². The molecule has 0 unspecified atom stereocenters. The SMILES string of the molecule is Cc1[nH]nc(NC(=O)c2ccoc2C)c1N. The number of nitrogens with zero attached hydrogens (tertiary/aromatic N) is 1. The number of hydrogen-bond acceptors (Lipinski definition) is 4. The van der Waals surface area contributed by atoms with Crippen molar-refractivity contribution in [3.8, 4) is 0 Å². The fourth-order valence-corrected chi connectivity index (χ4v) is 1.33. The third kappa shape index (κ3) is 1.65. The Hall–Kier alpha value is -2.24. The highest BCUT2D eigenvalue weighted by Gasteiger charge is 2.15. The van der Waals surface area contributed by atoms with Crippen molar-refractivity contribution in [2.45, 2.75) is 13.8 Å². The average molecular weight is 220 g/mol. The maximum absolute atomic E-state index is 11.8. The highest BCUT2D eigenvalue weighted by Crippen LogP contribution is 2.19. The Morgan fingerprint density at radius 1 is 1.56 bits per heavy atom. The minimum Gasteiger partial charge on any atom is -0.469 e. The highest BCUT2D eigenvalue weighted by molar-refractivity contribution is 6.05. The molecule has 2 heterocycles. The van der Waals surface area contributed by atoms with Gasteiger partial charge >= 0.3 is 0 Å². The van der Waals surface area contributed by atoms with E-state index in [0.29, 0.717) is 22.8 Å². The van der Waals surface area contributed by atoms with Crippen molar-refractivity contribution in [1.82, 2.24) is 10.2 Å². The van der Waals surface area contributed by atoms with Crippen LogP contribution in [0, 0.1) is 13.8 Å². The van der Waals surface area contributed by atoms with Gasteiger partial charge < -0.3 is 15.5 Å². The highest BCUT2D eigenvalue weighted by atomic mass is 16.3. The van der Waals surface area contributed by atoms with Crippen LogP contribution in [0.5, 0.6) is 0 Å². The molecule has 16 heavy (non-hydrogen) atoms. The zero-order valence-electron chi connectivity index (χ0n) is 9.00. The van der Waals surface area contributed by atoms with Crippen LogP contribution >= 0.6 is 0 Å². The maximum Gasteiger partial charge on any atom is 0.260 e. The third-order valence-electron chi connectivity index (χ3n) is 2.33. The van der Waals surface area contributed by atoms with Crippen molar-refractivity contribution in [3.63, 3.8) is 0 Å². The van der Waals surface area contributed by atoms with Gasteiger partial charge in [-0.1, -0.05) is 0 Å². The van der Waals surface area contributed by atoms with Crippen LogP contribution in [-0.2, 0) is 0 Å². The molecule has 0 aliphatic rings. The van der Waals surface area contributed by atoms with Crippen molar-refractivity contribution in [2.24, 2.45) is 0 Å². The number of nitrogens with one attached hydrogen (secondary N) is 2. The molecule has 0 aliphatic heterocycles. The van der Waals surface area contributed by atoms with E-state index in [9.17, 15) is 4.79 Å². The van der Waals surface area contributed by atoms with Gasteiger partial charge in [0.15, 0.2) is 5.82 Å². The summed E-state index contributed by atoms with van der Waals surface area (Å²) < 4.78 is 5.04. The average Bonchev–Trinajstić information content (AvgIpc) is 2.79. The first-order chi connectivity index (χ1) is 7.59. The van der Waals surface area contributed by atoms with Crippen LogP contribution in [0.1, 0.15) is 21.8 Å². The van der Waals surface area contributed by atoms with Crippen molar-refractivity contribution in [3.05, 3.63) is 29.3 Å². The molecule has 2 rings (SSSR count). The van der Waals surface area contributed by atoms with Crippen molar-refractivity contribution in [2.75, 3.05) is 11.1 Å². The van der Waals surface area contributed by atoms with Crippen molar-refractivity contribution >= 4 is 17.4 Å². The van der Waals surface area contributed by atoms with E-state index >= 15 is 0 Å². The van der Waals surface area contributed by atoms with E-state index in [4.69, 9.17) is 10.2 Å². The number of nitrogens with two attached hydrogens (primary N) is 1. The molecule has 6 heteroatoms.